The second kappa shape index (κ2) is 15.3. The van der Waals surface area contributed by atoms with Gasteiger partial charge in [-0.3, -0.25) is 0 Å². The van der Waals surface area contributed by atoms with Gasteiger partial charge in [-0.15, -0.1) is 0 Å². The van der Waals surface area contributed by atoms with Gasteiger partial charge in [-0.25, -0.2) is 0 Å². The Balaban J connectivity index is 1.09. The maximum Gasteiger partial charge on any atom is 0.418 e. The summed E-state index contributed by atoms with van der Waals surface area (Å²) in [6, 6.07) is 76.3. The normalized spacial score (nSPS) is 13.6. The summed E-state index contributed by atoms with van der Waals surface area (Å²) >= 11 is 1.72. The molecule has 0 unspecified atom stereocenters. The second-order valence-corrected chi connectivity index (χ2v) is 19.3. The molecule has 10 aromatic rings. The van der Waals surface area contributed by atoms with Crippen molar-refractivity contribution in [2.45, 2.75) is 16.0 Å². The van der Waals surface area contributed by atoms with Crippen LogP contribution in [0.15, 0.2) is 234 Å². The van der Waals surface area contributed by atoms with Crippen molar-refractivity contribution in [3.63, 3.8) is 0 Å². The molecule has 2 nitrogen and oxygen atoms in total. The van der Waals surface area contributed by atoms with Crippen LogP contribution in [0.4, 0.5) is 47.3 Å². The van der Waals surface area contributed by atoms with Crippen LogP contribution in [0.5, 0.6) is 0 Å². The van der Waals surface area contributed by atoms with Crippen molar-refractivity contribution >= 4 is 92.1 Å². The van der Waals surface area contributed by atoms with Crippen molar-refractivity contribution in [2.24, 2.45) is 0 Å². The Hall–Kier alpha value is -7.93. The van der Waals surface area contributed by atoms with Gasteiger partial charge >= 0.3 is 6.18 Å². The lowest BCUT2D eigenvalue weighted by molar-refractivity contribution is -0.137. The van der Waals surface area contributed by atoms with E-state index in [4.69, 9.17) is 0 Å². The summed E-state index contributed by atoms with van der Waals surface area (Å²) in [6.07, 6.45) is -4.67. The molecular formula is C61H37B2F3N2S. The number of fused-ring (bicyclic) bond motifs is 10. The molecule has 10 aromatic carbocycles. The number of hydrogen-bond acceptors (Lipinski definition) is 3. The van der Waals surface area contributed by atoms with Gasteiger partial charge in [-0.05, 0) is 103 Å². The first-order valence-electron chi connectivity index (χ1n) is 23.3. The van der Waals surface area contributed by atoms with Gasteiger partial charge in [0.05, 0.1) is 11.3 Å². The Kier molecular flexibility index (Phi) is 8.90. The number of alkyl halides is 3. The molecule has 0 N–H and O–H groups in total. The number of rotatable bonds is 5. The Morgan fingerprint density at radius 3 is 1.43 bits per heavy atom. The Morgan fingerprint density at radius 1 is 0.333 bits per heavy atom. The summed E-state index contributed by atoms with van der Waals surface area (Å²) in [7, 11) is 0. The van der Waals surface area contributed by atoms with Crippen molar-refractivity contribution in [1.29, 1.82) is 0 Å². The van der Waals surface area contributed by atoms with Gasteiger partial charge in [0.1, 0.15) is 0 Å². The molecule has 0 bridgehead atoms. The third kappa shape index (κ3) is 6.11. The van der Waals surface area contributed by atoms with E-state index in [1.807, 2.05) is 95.9 Å². The standard InChI is InChI=1S/C61H37B2F3N2S/c64-61(65,66)46-22-14-21-45(42-29-27-41(28-30-42)38-15-4-1-5-16-38)59(46)68-51-25-12-10-23-47(51)62-49-35-43(39-17-6-2-7-18-39)31-33-52(49)67-53-34-32-44(40-19-8-3-9-20-40)36-50(53)63-48-24-11-13-26-55(48)69-56-37-54(68)57(62)60(67)58(56)63/h1-37H. The highest BCUT2D eigenvalue weighted by Gasteiger charge is 2.51. The summed E-state index contributed by atoms with van der Waals surface area (Å²) in [4.78, 5) is 6.58. The van der Waals surface area contributed by atoms with Crippen LogP contribution in [-0.4, -0.2) is 13.4 Å². The number of nitrogens with zero attached hydrogens (tertiary/aromatic N) is 2. The predicted octanol–water partition coefficient (Wildman–Crippen LogP) is 12.8. The van der Waals surface area contributed by atoms with Crippen LogP contribution < -0.4 is 42.6 Å². The van der Waals surface area contributed by atoms with Gasteiger partial charge in [0.15, 0.2) is 0 Å². The molecule has 0 saturated carbocycles. The number of halogens is 3. The largest absolute Gasteiger partial charge is 0.418 e. The highest BCUT2D eigenvalue weighted by atomic mass is 32.2. The molecule has 0 radical (unpaired) electrons. The summed E-state index contributed by atoms with van der Waals surface area (Å²) in [5, 5.41) is 0. The van der Waals surface area contributed by atoms with Crippen LogP contribution in [-0.2, 0) is 6.18 Å². The molecule has 0 aromatic heterocycles. The van der Waals surface area contributed by atoms with Gasteiger partial charge in [0.25, 0.3) is 6.71 Å². The maximum absolute atomic E-state index is 16.0. The number of hydrogen-bond donors (Lipinski definition) is 0. The minimum absolute atomic E-state index is 0.114. The van der Waals surface area contributed by atoms with Crippen LogP contribution in [0.1, 0.15) is 5.56 Å². The van der Waals surface area contributed by atoms with Gasteiger partial charge in [0.2, 0.25) is 6.71 Å². The minimum Gasteiger partial charge on any atom is -0.312 e. The lowest BCUT2D eigenvalue weighted by Crippen LogP contribution is -2.68. The Labute approximate surface area is 403 Å². The van der Waals surface area contributed by atoms with Gasteiger partial charge in [-0.2, -0.15) is 13.2 Å². The van der Waals surface area contributed by atoms with Crippen LogP contribution >= 0.6 is 11.8 Å². The molecule has 14 rings (SSSR count). The first kappa shape index (κ1) is 40.2. The summed E-state index contributed by atoms with van der Waals surface area (Å²) in [5.74, 6) is 0. The first-order chi connectivity index (χ1) is 33.9. The van der Waals surface area contributed by atoms with Crippen molar-refractivity contribution in [1.82, 2.24) is 0 Å². The predicted molar refractivity (Wildman–Crippen MR) is 282 cm³/mol. The van der Waals surface area contributed by atoms with Crippen molar-refractivity contribution < 1.29 is 13.2 Å². The van der Waals surface area contributed by atoms with Gasteiger partial charge in [-0.1, -0.05) is 205 Å². The van der Waals surface area contributed by atoms with Crippen molar-refractivity contribution in [3.05, 3.63) is 230 Å². The van der Waals surface area contributed by atoms with E-state index in [0.717, 1.165) is 88.0 Å². The summed E-state index contributed by atoms with van der Waals surface area (Å²) in [5.41, 5.74) is 18.5. The number of benzene rings is 10. The molecule has 0 aliphatic carbocycles. The first-order valence-corrected chi connectivity index (χ1v) is 24.1. The molecule has 0 fully saturated rings. The Morgan fingerprint density at radius 2 is 0.812 bits per heavy atom. The van der Waals surface area contributed by atoms with Crippen LogP contribution in [0.25, 0.3) is 44.5 Å². The second-order valence-electron chi connectivity index (χ2n) is 18.2. The van der Waals surface area contributed by atoms with Crippen molar-refractivity contribution in [3.8, 4) is 44.5 Å². The van der Waals surface area contributed by atoms with Crippen LogP contribution in [0, 0.1) is 0 Å². The molecule has 0 spiro atoms. The van der Waals surface area contributed by atoms with Crippen LogP contribution in [0.2, 0.25) is 0 Å². The number of anilines is 6. The van der Waals surface area contributed by atoms with E-state index in [0.29, 0.717) is 11.1 Å². The zero-order valence-electron chi connectivity index (χ0n) is 37.0. The Bertz CT molecular complexity index is 3700. The summed E-state index contributed by atoms with van der Waals surface area (Å²) < 4.78 is 48.0. The molecule has 4 aliphatic rings. The zero-order chi connectivity index (χ0) is 46.0. The van der Waals surface area contributed by atoms with Crippen LogP contribution in [0.3, 0.4) is 0 Å². The fourth-order valence-electron chi connectivity index (χ4n) is 11.6. The molecule has 0 atom stereocenters. The summed E-state index contributed by atoms with van der Waals surface area (Å²) in [6.45, 7) is -0.410. The third-order valence-corrected chi connectivity index (χ3v) is 15.7. The molecule has 4 heterocycles. The molecule has 69 heavy (non-hydrogen) atoms. The molecule has 324 valence electrons. The van der Waals surface area contributed by atoms with E-state index in [2.05, 4.69) is 126 Å². The van der Waals surface area contributed by atoms with E-state index >= 15 is 13.2 Å². The third-order valence-electron chi connectivity index (χ3n) is 14.5. The molecule has 0 saturated heterocycles. The van der Waals surface area contributed by atoms with Gasteiger partial charge in [0, 0.05) is 43.8 Å². The minimum atomic E-state index is -4.67. The highest BCUT2D eigenvalue weighted by Crippen LogP contribution is 2.53. The topological polar surface area (TPSA) is 6.48 Å². The average Bonchev–Trinajstić information content (AvgIpc) is 3.40. The number of para-hydroxylation sites is 2. The SMILES string of the molecule is FC(F)(F)c1cccc(-c2ccc(-c3ccccc3)cc2)c1N1c2ccccc2B2c3cc(-c4ccccc4)ccc3N3c4ccc(-c5ccccc5)cc4B4c5ccccc5Sc5cc1c2c3c54. The van der Waals surface area contributed by atoms with Crippen molar-refractivity contribution in [2.75, 3.05) is 9.80 Å². The quantitative estimate of drug-likeness (QED) is 0.159. The fraction of sp³-hybridized carbons (Fsp3) is 0.0164. The van der Waals surface area contributed by atoms with E-state index in [9.17, 15) is 0 Å². The molecule has 8 heteroatoms. The maximum atomic E-state index is 16.0. The highest BCUT2D eigenvalue weighted by molar-refractivity contribution is 8.00. The zero-order valence-corrected chi connectivity index (χ0v) is 37.8. The molecular weight excluding hydrogens is 871 g/mol. The van der Waals surface area contributed by atoms with E-state index < -0.39 is 11.7 Å². The monoisotopic (exact) mass is 908 g/mol. The van der Waals surface area contributed by atoms with E-state index in [1.165, 1.54) is 22.5 Å². The fourth-order valence-corrected chi connectivity index (χ4v) is 12.8. The lowest BCUT2D eigenvalue weighted by atomic mass is 9.29. The van der Waals surface area contributed by atoms with Gasteiger partial charge < -0.3 is 9.80 Å². The van der Waals surface area contributed by atoms with E-state index in [1.54, 1.807) is 17.8 Å². The molecule has 0 amide bonds. The molecule has 4 aliphatic heterocycles. The average molecular weight is 909 g/mol. The lowest BCUT2D eigenvalue weighted by Gasteiger charge is -2.50. The van der Waals surface area contributed by atoms with E-state index in [-0.39, 0.29) is 19.1 Å². The smallest absolute Gasteiger partial charge is 0.312 e.